The monoisotopic (exact) mass is 322 g/mol. The summed E-state index contributed by atoms with van der Waals surface area (Å²) >= 11 is 3.27. The van der Waals surface area contributed by atoms with Gasteiger partial charge in [-0.1, -0.05) is 15.9 Å². The Labute approximate surface area is 118 Å². The van der Waals surface area contributed by atoms with Gasteiger partial charge in [-0.3, -0.25) is 0 Å². The number of nitrogens with one attached hydrogen (secondary N) is 1. The van der Waals surface area contributed by atoms with Crippen LogP contribution in [0.4, 0.5) is 10.2 Å². The third-order valence-electron chi connectivity index (χ3n) is 3.01. The van der Waals surface area contributed by atoms with E-state index in [-0.39, 0.29) is 5.82 Å². The number of halogens is 2. The Morgan fingerprint density at radius 1 is 1.21 bits per heavy atom. The third kappa shape index (κ3) is 2.74. The SMILES string of the molecule is NNc1cc(C2CC2)nc(-c2cc(F)cc(Br)c2)n1. The molecule has 1 aromatic carbocycles. The predicted molar refractivity (Wildman–Crippen MR) is 74.9 cm³/mol. The maximum Gasteiger partial charge on any atom is 0.161 e. The second-order valence-corrected chi connectivity index (χ2v) is 5.49. The van der Waals surface area contributed by atoms with Gasteiger partial charge in [-0.2, -0.15) is 0 Å². The van der Waals surface area contributed by atoms with Crippen LogP contribution >= 0.6 is 15.9 Å². The molecule has 1 saturated carbocycles. The molecule has 1 fully saturated rings. The lowest BCUT2D eigenvalue weighted by molar-refractivity contribution is 0.627. The molecular formula is C13H12BrFN4. The highest BCUT2D eigenvalue weighted by atomic mass is 79.9. The maximum absolute atomic E-state index is 13.4. The Balaban J connectivity index is 2.09. The van der Waals surface area contributed by atoms with Gasteiger partial charge in [-0.25, -0.2) is 20.2 Å². The van der Waals surface area contributed by atoms with Gasteiger partial charge in [0.25, 0.3) is 0 Å². The van der Waals surface area contributed by atoms with E-state index in [0.29, 0.717) is 27.6 Å². The van der Waals surface area contributed by atoms with Gasteiger partial charge in [-0.05, 0) is 31.0 Å². The molecule has 0 radical (unpaired) electrons. The van der Waals surface area contributed by atoms with Crippen molar-refractivity contribution in [3.63, 3.8) is 0 Å². The van der Waals surface area contributed by atoms with Crippen LogP contribution in [0.25, 0.3) is 11.4 Å². The van der Waals surface area contributed by atoms with E-state index < -0.39 is 0 Å². The summed E-state index contributed by atoms with van der Waals surface area (Å²) in [5.41, 5.74) is 4.12. The summed E-state index contributed by atoms with van der Waals surface area (Å²) in [5.74, 6) is 6.61. The maximum atomic E-state index is 13.4. The second-order valence-electron chi connectivity index (χ2n) is 4.58. The van der Waals surface area contributed by atoms with Crippen LogP contribution in [-0.2, 0) is 0 Å². The first kappa shape index (κ1) is 12.5. The number of aromatic nitrogens is 2. The highest BCUT2D eigenvalue weighted by Gasteiger charge is 2.26. The van der Waals surface area contributed by atoms with Crippen LogP contribution in [0.3, 0.4) is 0 Å². The number of nitrogens with zero attached hydrogens (tertiary/aromatic N) is 2. The minimum absolute atomic E-state index is 0.327. The first-order chi connectivity index (χ1) is 9.15. The Bertz CT molecular complexity index is 608. The molecule has 1 aromatic heterocycles. The molecule has 6 heteroatoms. The molecule has 3 N–H and O–H groups in total. The number of nitrogen functional groups attached to an aromatic ring is 1. The van der Waals surface area contributed by atoms with Crippen molar-refractivity contribution in [1.82, 2.24) is 9.97 Å². The molecule has 0 aliphatic heterocycles. The van der Waals surface area contributed by atoms with Gasteiger partial charge in [0.15, 0.2) is 5.82 Å². The summed E-state index contributed by atoms with van der Waals surface area (Å²) in [6.45, 7) is 0. The van der Waals surface area contributed by atoms with E-state index in [4.69, 9.17) is 5.84 Å². The van der Waals surface area contributed by atoms with E-state index in [1.807, 2.05) is 6.07 Å². The summed E-state index contributed by atoms with van der Waals surface area (Å²) in [7, 11) is 0. The average Bonchev–Trinajstić information content (AvgIpc) is 3.21. The smallest absolute Gasteiger partial charge is 0.161 e. The van der Waals surface area contributed by atoms with Gasteiger partial charge >= 0.3 is 0 Å². The third-order valence-corrected chi connectivity index (χ3v) is 3.47. The van der Waals surface area contributed by atoms with Crippen molar-refractivity contribution in [2.75, 3.05) is 5.43 Å². The molecule has 3 rings (SSSR count). The van der Waals surface area contributed by atoms with Crippen molar-refractivity contribution in [2.45, 2.75) is 18.8 Å². The zero-order valence-electron chi connectivity index (χ0n) is 10.0. The number of nitrogens with two attached hydrogens (primary N) is 1. The van der Waals surface area contributed by atoms with Gasteiger partial charge < -0.3 is 5.43 Å². The number of benzene rings is 1. The number of rotatable bonds is 3. The first-order valence-corrected chi connectivity index (χ1v) is 6.77. The van der Waals surface area contributed by atoms with Crippen molar-refractivity contribution in [1.29, 1.82) is 0 Å². The number of hydrogen-bond acceptors (Lipinski definition) is 4. The number of hydrogen-bond donors (Lipinski definition) is 2. The lowest BCUT2D eigenvalue weighted by Crippen LogP contribution is -2.10. The number of hydrazine groups is 1. The van der Waals surface area contributed by atoms with Crippen LogP contribution in [0, 0.1) is 5.82 Å². The highest BCUT2D eigenvalue weighted by molar-refractivity contribution is 9.10. The van der Waals surface area contributed by atoms with Gasteiger partial charge in [0.1, 0.15) is 11.6 Å². The van der Waals surface area contributed by atoms with Crippen molar-refractivity contribution >= 4 is 21.7 Å². The van der Waals surface area contributed by atoms with Crippen molar-refractivity contribution in [3.8, 4) is 11.4 Å². The second kappa shape index (κ2) is 4.86. The van der Waals surface area contributed by atoms with Gasteiger partial charge in [0.05, 0.1) is 0 Å². The van der Waals surface area contributed by atoms with Crippen LogP contribution < -0.4 is 11.3 Å². The summed E-state index contributed by atoms with van der Waals surface area (Å²) in [6.07, 6.45) is 2.26. The lowest BCUT2D eigenvalue weighted by atomic mass is 10.2. The minimum atomic E-state index is -0.327. The molecule has 19 heavy (non-hydrogen) atoms. The van der Waals surface area contributed by atoms with Gasteiger partial charge in [0, 0.05) is 27.7 Å². The van der Waals surface area contributed by atoms with Gasteiger partial charge in [-0.15, -0.1) is 0 Å². The molecule has 0 spiro atoms. The molecule has 0 bridgehead atoms. The molecule has 4 nitrogen and oxygen atoms in total. The fourth-order valence-electron chi connectivity index (χ4n) is 1.94. The molecule has 98 valence electrons. The standard InChI is InChI=1S/C13H12BrFN4/c14-9-3-8(4-10(15)5-9)13-17-11(7-1-2-7)6-12(18-13)19-16/h3-7H,1-2,16H2,(H,17,18,19). The largest absolute Gasteiger partial charge is 0.308 e. The zero-order chi connectivity index (χ0) is 13.4. The van der Waals surface area contributed by atoms with Crippen LogP contribution in [0.15, 0.2) is 28.7 Å². The molecule has 2 aromatic rings. The number of anilines is 1. The fourth-order valence-corrected chi connectivity index (χ4v) is 2.41. The Morgan fingerprint density at radius 3 is 2.63 bits per heavy atom. The molecule has 0 amide bonds. The molecule has 1 heterocycles. The summed E-state index contributed by atoms with van der Waals surface area (Å²) in [6, 6.07) is 6.44. The normalized spacial score (nSPS) is 14.5. The van der Waals surface area contributed by atoms with Crippen LogP contribution in [0.2, 0.25) is 0 Å². The van der Waals surface area contributed by atoms with E-state index in [2.05, 4.69) is 31.3 Å². The van der Waals surface area contributed by atoms with E-state index in [9.17, 15) is 4.39 Å². The van der Waals surface area contributed by atoms with Crippen LogP contribution in [0.5, 0.6) is 0 Å². The molecule has 0 unspecified atom stereocenters. The summed E-state index contributed by atoms with van der Waals surface area (Å²) < 4.78 is 14.1. The molecule has 1 aliphatic carbocycles. The molecule has 0 atom stereocenters. The Hall–Kier alpha value is -1.53. The van der Waals surface area contributed by atoms with E-state index in [1.54, 1.807) is 6.07 Å². The lowest BCUT2D eigenvalue weighted by Gasteiger charge is -2.07. The highest BCUT2D eigenvalue weighted by Crippen LogP contribution is 2.40. The quantitative estimate of drug-likeness (QED) is 0.672. The Kier molecular flexibility index (Phi) is 3.20. The average molecular weight is 323 g/mol. The minimum Gasteiger partial charge on any atom is -0.308 e. The molecular weight excluding hydrogens is 311 g/mol. The van der Waals surface area contributed by atoms with Crippen LogP contribution in [-0.4, -0.2) is 9.97 Å². The van der Waals surface area contributed by atoms with Crippen molar-refractivity contribution in [3.05, 3.63) is 40.2 Å². The fraction of sp³-hybridized carbons (Fsp3) is 0.231. The molecule has 1 aliphatic rings. The van der Waals surface area contributed by atoms with Gasteiger partial charge in [0.2, 0.25) is 0 Å². The van der Waals surface area contributed by atoms with Crippen molar-refractivity contribution < 1.29 is 4.39 Å². The summed E-state index contributed by atoms with van der Waals surface area (Å²) in [4.78, 5) is 8.78. The van der Waals surface area contributed by atoms with Crippen molar-refractivity contribution in [2.24, 2.45) is 5.84 Å². The molecule has 0 saturated heterocycles. The Morgan fingerprint density at radius 2 is 2.00 bits per heavy atom. The van der Waals surface area contributed by atoms with E-state index in [0.717, 1.165) is 18.5 Å². The van der Waals surface area contributed by atoms with E-state index in [1.165, 1.54) is 12.1 Å². The predicted octanol–water partition coefficient (Wildman–Crippen LogP) is 3.21. The van der Waals surface area contributed by atoms with Crippen LogP contribution in [0.1, 0.15) is 24.5 Å². The van der Waals surface area contributed by atoms with E-state index >= 15 is 0 Å². The topological polar surface area (TPSA) is 63.8 Å². The first-order valence-electron chi connectivity index (χ1n) is 5.98. The summed E-state index contributed by atoms with van der Waals surface area (Å²) in [5, 5.41) is 0. The zero-order valence-corrected chi connectivity index (χ0v) is 11.6.